The topological polar surface area (TPSA) is 139 Å². The molecule has 1 saturated heterocycles. The lowest BCUT2D eigenvalue weighted by Crippen LogP contribution is -2.53. The zero-order chi connectivity index (χ0) is 25.2. The number of hydrogen-bond acceptors (Lipinski definition) is 9. The minimum absolute atomic E-state index is 0.135. The fraction of sp³-hybridized carbons (Fsp3) is 0.346. The van der Waals surface area contributed by atoms with E-state index in [2.05, 4.69) is 0 Å². The van der Waals surface area contributed by atoms with E-state index in [0.717, 1.165) is 5.56 Å². The summed E-state index contributed by atoms with van der Waals surface area (Å²) >= 11 is 0. The molecule has 9 heteroatoms. The Balaban J connectivity index is 1.97. The highest BCUT2D eigenvalue weighted by Gasteiger charge is 2.43. The van der Waals surface area contributed by atoms with Gasteiger partial charge in [0.2, 0.25) is 0 Å². The van der Waals surface area contributed by atoms with Crippen molar-refractivity contribution in [2.45, 2.75) is 44.4 Å². The smallest absolute Gasteiger partial charge is 0.344 e. The van der Waals surface area contributed by atoms with E-state index in [1.54, 1.807) is 25.1 Å². The molecule has 0 amide bonds. The Kier molecular flexibility index (Phi) is 5.60. The van der Waals surface area contributed by atoms with E-state index >= 15 is 0 Å². The van der Waals surface area contributed by atoms with E-state index in [0.29, 0.717) is 33.2 Å². The van der Waals surface area contributed by atoms with Crippen LogP contribution in [0.25, 0.3) is 32.5 Å². The highest BCUT2D eigenvalue weighted by atomic mass is 16.5. The van der Waals surface area contributed by atoms with Crippen molar-refractivity contribution in [3.63, 3.8) is 0 Å². The fourth-order valence-corrected chi connectivity index (χ4v) is 5.00. The SMILES string of the molecule is COc1cc2c(oc(=O)c3cc(C)cc(OC)c32)c2c([C@H]3O[C@H](C)[C@H](O)[C@H](O)[C@@H]3O)ccc(O)c12. The van der Waals surface area contributed by atoms with Crippen LogP contribution in [0, 0.1) is 6.92 Å². The molecule has 5 atom stereocenters. The Labute approximate surface area is 199 Å². The predicted octanol–water partition coefficient (Wildman–Crippen LogP) is 2.67. The largest absolute Gasteiger partial charge is 0.507 e. The average Bonchev–Trinajstić information content (AvgIpc) is 2.84. The van der Waals surface area contributed by atoms with E-state index in [4.69, 9.17) is 18.6 Å². The van der Waals surface area contributed by atoms with Gasteiger partial charge in [0.25, 0.3) is 0 Å². The minimum Gasteiger partial charge on any atom is -0.507 e. The number of rotatable bonds is 3. The van der Waals surface area contributed by atoms with Crippen molar-refractivity contribution >= 4 is 32.5 Å². The number of hydrogen-bond donors (Lipinski definition) is 4. The van der Waals surface area contributed by atoms with Gasteiger partial charge in [-0.15, -0.1) is 0 Å². The number of benzene rings is 3. The summed E-state index contributed by atoms with van der Waals surface area (Å²) in [5, 5.41) is 44.0. The Morgan fingerprint density at radius 2 is 1.54 bits per heavy atom. The molecule has 5 rings (SSSR count). The van der Waals surface area contributed by atoms with Crippen LogP contribution < -0.4 is 15.1 Å². The lowest BCUT2D eigenvalue weighted by molar-refractivity contribution is -0.219. The fourth-order valence-electron chi connectivity index (χ4n) is 5.00. The van der Waals surface area contributed by atoms with Crippen molar-refractivity contribution in [1.29, 1.82) is 0 Å². The number of aliphatic hydroxyl groups is 3. The minimum atomic E-state index is -1.49. The molecule has 4 aromatic rings. The maximum Gasteiger partial charge on any atom is 0.344 e. The van der Waals surface area contributed by atoms with Crippen LogP contribution >= 0.6 is 0 Å². The number of fused-ring (bicyclic) bond motifs is 5. The zero-order valence-corrected chi connectivity index (χ0v) is 19.6. The van der Waals surface area contributed by atoms with Gasteiger partial charge in [0, 0.05) is 16.2 Å². The first-order valence-corrected chi connectivity index (χ1v) is 11.1. The predicted molar refractivity (Wildman–Crippen MR) is 128 cm³/mol. The summed E-state index contributed by atoms with van der Waals surface area (Å²) in [5.74, 6) is 0.616. The molecule has 0 saturated carbocycles. The van der Waals surface area contributed by atoms with Crippen LogP contribution in [0.5, 0.6) is 17.2 Å². The van der Waals surface area contributed by atoms with Crippen LogP contribution in [0.1, 0.15) is 24.2 Å². The molecule has 0 radical (unpaired) electrons. The Morgan fingerprint density at radius 1 is 0.857 bits per heavy atom. The molecular formula is C26H26O9. The van der Waals surface area contributed by atoms with Gasteiger partial charge in [0.1, 0.15) is 47.2 Å². The van der Waals surface area contributed by atoms with Crippen LogP contribution in [-0.4, -0.2) is 59.1 Å². The quantitative estimate of drug-likeness (QED) is 0.256. The third-order valence-electron chi connectivity index (χ3n) is 6.74. The highest BCUT2D eigenvalue weighted by molar-refractivity contribution is 6.19. The van der Waals surface area contributed by atoms with E-state index in [-0.39, 0.29) is 22.1 Å². The number of phenols is 1. The standard InChI is InChI=1S/C26H26O9/c1-10-7-14-18(16(8-10)32-3)13-9-17(33-4)20-15(27)6-5-12(19(20)24(13)35-26(14)31)25-23(30)22(29)21(28)11(2)34-25/h5-9,11,21-23,25,27-30H,1-4H3/t11-,21+,22+,23+,25-/m1/s1. The molecule has 2 heterocycles. The van der Waals surface area contributed by atoms with Gasteiger partial charge >= 0.3 is 5.63 Å². The Hall–Kier alpha value is -3.37. The van der Waals surface area contributed by atoms with Crippen molar-refractivity contribution in [1.82, 2.24) is 0 Å². The molecule has 0 unspecified atom stereocenters. The Morgan fingerprint density at radius 3 is 2.23 bits per heavy atom. The molecule has 0 aliphatic carbocycles. The molecule has 184 valence electrons. The Bertz CT molecular complexity index is 1520. The number of methoxy groups -OCH3 is 2. The monoisotopic (exact) mass is 482 g/mol. The van der Waals surface area contributed by atoms with E-state index in [1.165, 1.54) is 26.4 Å². The number of aryl methyl sites for hydroxylation is 1. The van der Waals surface area contributed by atoms with Crippen LogP contribution in [0.3, 0.4) is 0 Å². The normalized spacial score (nSPS) is 24.8. The third-order valence-corrected chi connectivity index (χ3v) is 6.74. The lowest BCUT2D eigenvalue weighted by Gasteiger charge is -2.40. The summed E-state index contributed by atoms with van der Waals surface area (Å²) in [6, 6.07) is 8.10. The molecule has 1 aromatic heterocycles. The van der Waals surface area contributed by atoms with Crippen LogP contribution in [0.15, 0.2) is 39.5 Å². The second-order valence-corrected chi connectivity index (χ2v) is 8.89. The van der Waals surface area contributed by atoms with Crippen LogP contribution in [0.2, 0.25) is 0 Å². The molecule has 9 nitrogen and oxygen atoms in total. The van der Waals surface area contributed by atoms with Gasteiger partial charge in [-0.05, 0) is 49.2 Å². The van der Waals surface area contributed by atoms with Crippen molar-refractivity contribution in [2.24, 2.45) is 0 Å². The van der Waals surface area contributed by atoms with Crippen molar-refractivity contribution in [2.75, 3.05) is 14.2 Å². The molecule has 4 N–H and O–H groups in total. The number of ether oxygens (including phenoxy) is 3. The first kappa shape index (κ1) is 23.4. The second-order valence-electron chi connectivity index (χ2n) is 8.89. The average molecular weight is 482 g/mol. The van der Waals surface area contributed by atoms with Gasteiger partial charge in [0.05, 0.1) is 31.1 Å². The van der Waals surface area contributed by atoms with E-state index in [9.17, 15) is 25.2 Å². The summed E-state index contributed by atoms with van der Waals surface area (Å²) in [6.45, 7) is 3.42. The molecule has 1 fully saturated rings. The maximum atomic E-state index is 13.1. The first-order valence-electron chi connectivity index (χ1n) is 11.1. The number of aliphatic hydroxyl groups excluding tert-OH is 3. The molecule has 1 aliphatic rings. The molecule has 0 bridgehead atoms. The van der Waals surface area contributed by atoms with Gasteiger partial charge in [-0.2, -0.15) is 0 Å². The maximum absolute atomic E-state index is 13.1. The first-order chi connectivity index (χ1) is 16.7. The van der Waals surface area contributed by atoms with Gasteiger partial charge in [-0.3, -0.25) is 0 Å². The zero-order valence-electron chi connectivity index (χ0n) is 19.6. The number of phenolic OH excluding ortho intramolecular Hbond substituents is 1. The summed E-state index contributed by atoms with van der Waals surface area (Å²) in [7, 11) is 2.95. The van der Waals surface area contributed by atoms with Gasteiger partial charge in [-0.25, -0.2) is 4.79 Å². The molecule has 1 aliphatic heterocycles. The van der Waals surface area contributed by atoms with Crippen molar-refractivity contribution in [3.05, 3.63) is 51.9 Å². The van der Waals surface area contributed by atoms with Gasteiger partial charge < -0.3 is 39.1 Å². The summed E-state index contributed by atoms with van der Waals surface area (Å²) in [4.78, 5) is 13.1. The second kappa shape index (κ2) is 8.39. The van der Waals surface area contributed by atoms with Gasteiger partial charge in [-0.1, -0.05) is 6.07 Å². The molecule has 3 aromatic carbocycles. The summed E-state index contributed by atoms with van der Waals surface area (Å²) in [5.41, 5.74) is 0.688. The van der Waals surface area contributed by atoms with Crippen LogP contribution in [-0.2, 0) is 4.74 Å². The highest BCUT2D eigenvalue weighted by Crippen LogP contribution is 2.46. The summed E-state index contributed by atoms with van der Waals surface area (Å²) in [6.07, 6.45) is -6.14. The third kappa shape index (κ3) is 3.42. The molecule has 35 heavy (non-hydrogen) atoms. The van der Waals surface area contributed by atoms with Gasteiger partial charge in [0.15, 0.2) is 0 Å². The number of aromatic hydroxyl groups is 1. The van der Waals surface area contributed by atoms with Crippen molar-refractivity contribution in [3.8, 4) is 17.2 Å². The van der Waals surface area contributed by atoms with E-state index in [1.807, 2.05) is 6.92 Å². The summed E-state index contributed by atoms with van der Waals surface area (Å²) < 4.78 is 22.9. The van der Waals surface area contributed by atoms with E-state index < -0.39 is 36.1 Å². The van der Waals surface area contributed by atoms with Crippen molar-refractivity contribution < 1.29 is 39.1 Å². The van der Waals surface area contributed by atoms with Crippen LogP contribution in [0.4, 0.5) is 0 Å². The lowest BCUT2D eigenvalue weighted by atomic mass is 9.88. The molecule has 0 spiro atoms. The molecular weight excluding hydrogens is 456 g/mol.